The Balaban J connectivity index is 1.38. The number of aromatic nitrogens is 2. The van der Waals surface area contributed by atoms with Crippen molar-refractivity contribution < 1.29 is 14.3 Å². The van der Waals surface area contributed by atoms with Crippen molar-refractivity contribution in [2.75, 3.05) is 61.7 Å². The van der Waals surface area contributed by atoms with Crippen LogP contribution in [-0.4, -0.2) is 67.3 Å². The molecular weight excluding hydrogens is 470 g/mol. The zero-order valence-electron chi connectivity index (χ0n) is 21.2. The number of carbonyl (C=O) groups excluding carboxylic acids is 1. The standard InChI is InChI=1S/C27H33N7O3/c1-4-25(35)30-21-6-5-7-22(16-21)31-26-24(37-3)17-28-27(33-26)32-20-10-8-19(9-11-20)29-23-12-13-34(18-23)14-15-36-2/h4-11,16-17,23,29H,1,12-15,18H2,2-3H3,(H,30,35)(H2,28,31,32,33). The molecular formula is C27H33N7O3. The number of hydrogen-bond donors (Lipinski definition) is 4. The van der Waals surface area contributed by atoms with Crippen LogP contribution in [0.3, 0.4) is 0 Å². The Morgan fingerprint density at radius 3 is 2.65 bits per heavy atom. The molecule has 37 heavy (non-hydrogen) atoms. The number of nitrogens with one attached hydrogen (secondary N) is 4. The van der Waals surface area contributed by atoms with Crippen LogP contribution < -0.4 is 26.0 Å². The maximum Gasteiger partial charge on any atom is 0.247 e. The monoisotopic (exact) mass is 503 g/mol. The molecule has 10 heteroatoms. The summed E-state index contributed by atoms with van der Waals surface area (Å²) in [5.41, 5.74) is 3.30. The van der Waals surface area contributed by atoms with E-state index < -0.39 is 0 Å². The van der Waals surface area contributed by atoms with E-state index in [4.69, 9.17) is 9.47 Å². The number of likely N-dealkylation sites (tertiary alicyclic amines) is 1. The van der Waals surface area contributed by atoms with E-state index in [1.807, 2.05) is 36.4 Å². The van der Waals surface area contributed by atoms with E-state index in [2.05, 4.69) is 42.7 Å². The van der Waals surface area contributed by atoms with E-state index in [9.17, 15) is 4.79 Å². The highest BCUT2D eigenvalue weighted by Gasteiger charge is 2.21. The van der Waals surface area contributed by atoms with Crippen LogP contribution in [0.15, 0.2) is 67.4 Å². The van der Waals surface area contributed by atoms with Gasteiger partial charge in [0.1, 0.15) is 0 Å². The van der Waals surface area contributed by atoms with Gasteiger partial charge in [0.05, 0.1) is 19.9 Å². The summed E-state index contributed by atoms with van der Waals surface area (Å²) in [6.45, 7) is 7.30. The summed E-state index contributed by atoms with van der Waals surface area (Å²) in [5, 5.41) is 12.8. The van der Waals surface area contributed by atoms with Crippen LogP contribution in [0.2, 0.25) is 0 Å². The lowest BCUT2D eigenvalue weighted by Gasteiger charge is -2.17. The molecule has 4 rings (SSSR count). The normalized spacial score (nSPS) is 15.1. The lowest BCUT2D eigenvalue weighted by Crippen LogP contribution is -2.28. The number of amides is 1. The van der Waals surface area contributed by atoms with Crippen LogP contribution in [0, 0.1) is 0 Å². The molecule has 10 nitrogen and oxygen atoms in total. The van der Waals surface area contributed by atoms with Crippen molar-refractivity contribution in [1.82, 2.24) is 14.9 Å². The van der Waals surface area contributed by atoms with E-state index >= 15 is 0 Å². The SMILES string of the molecule is C=CC(=O)Nc1cccc(Nc2nc(Nc3ccc(NC4CCN(CCOC)C4)cc3)ncc2OC)c1. The smallest absolute Gasteiger partial charge is 0.247 e. The molecule has 4 N–H and O–H groups in total. The highest BCUT2D eigenvalue weighted by Crippen LogP contribution is 2.28. The molecule has 0 aliphatic carbocycles. The Bertz CT molecular complexity index is 1200. The molecule has 1 saturated heterocycles. The summed E-state index contributed by atoms with van der Waals surface area (Å²) in [6, 6.07) is 15.8. The molecule has 0 saturated carbocycles. The highest BCUT2D eigenvalue weighted by atomic mass is 16.5. The van der Waals surface area contributed by atoms with Gasteiger partial charge in [0.25, 0.3) is 0 Å². The highest BCUT2D eigenvalue weighted by molar-refractivity contribution is 5.99. The molecule has 0 spiro atoms. The second-order valence-electron chi connectivity index (χ2n) is 8.64. The van der Waals surface area contributed by atoms with Crippen molar-refractivity contribution in [2.24, 2.45) is 0 Å². The molecule has 1 aliphatic heterocycles. The van der Waals surface area contributed by atoms with Gasteiger partial charge in [-0.2, -0.15) is 4.98 Å². The molecule has 1 amide bonds. The molecule has 1 aromatic heterocycles. The average Bonchev–Trinajstić information content (AvgIpc) is 3.36. The zero-order chi connectivity index (χ0) is 26.0. The predicted octanol–water partition coefficient (Wildman–Crippen LogP) is 4.23. The third-order valence-electron chi connectivity index (χ3n) is 5.95. The fraction of sp³-hybridized carbons (Fsp3) is 0.296. The van der Waals surface area contributed by atoms with Crippen molar-refractivity contribution in [3.05, 3.63) is 67.4 Å². The average molecular weight is 504 g/mol. The Hall–Kier alpha value is -4.15. The Morgan fingerprint density at radius 1 is 1.11 bits per heavy atom. The second-order valence-corrected chi connectivity index (χ2v) is 8.64. The molecule has 1 atom stereocenters. The third-order valence-corrected chi connectivity index (χ3v) is 5.95. The van der Waals surface area contributed by atoms with Gasteiger partial charge in [0, 0.05) is 55.5 Å². The lowest BCUT2D eigenvalue weighted by atomic mass is 10.2. The minimum Gasteiger partial charge on any atom is -0.491 e. The van der Waals surface area contributed by atoms with Gasteiger partial charge in [-0.1, -0.05) is 12.6 Å². The van der Waals surface area contributed by atoms with Crippen LogP contribution in [0.1, 0.15) is 6.42 Å². The second kappa shape index (κ2) is 12.7. The van der Waals surface area contributed by atoms with E-state index in [0.29, 0.717) is 29.2 Å². The van der Waals surface area contributed by atoms with Crippen molar-refractivity contribution in [1.29, 1.82) is 0 Å². The number of rotatable bonds is 12. The fourth-order valence-electron chi connectivity index (χ4n) is 4.06. The first-order valence-corrected chi connectivity index (χ1v) is 12.1. The number of ether oxygens (including phenoxy) is 2. The fourth-order valence-corrected chi connectivity index (χ4v) is 4.06. The Morgan fingerprint density at radius 2 is 1.89 bits per heavy atom. The van der Waals surface area contributed by atoms with Crippen molar-refractivity contribution in [2.45, 2.75) is 12.5 Å². The van der Waals surface area contributed by atoms with Crippen LogP contribution in [0.25, 0.3) is 0 Å². The van der Waals surface area contributed by atoms with E-state index in [1.54, 1.807) is 32.5 Å². The van der Waals surface area contributed by atoms with Gasteiger partial charge in [0.2, 0.25) is 11.9 Å². The van der Waals surface area contributed by atoms with E-state index in [0.717, 1.165) is 49.7 Å². The van der Waals surface area contributed by atoms with Crippen LogP contribution >= 0.6 is 0 Å². The molecule has 1 aliphatic rings. The van der Waals surface area contributed by atoms with Gasteiger partial charge >= 0.3 is 0 Å². The molecule has 194 valence electrons. The number of anilines is 6. The van der Waals surface area contributed by atoms with Crippen LogP contribution in [0.5, 0.6) is 5.75 Å². The van der Waals surface area contributed by atoms with Gasteiger partial charge in [-0.25, -0.2) is 4.98 Å². The summed E-state index contributed by atoms with van der Waals surface area (Å²) in [5.74, 6) is 1.12. The minimum absolute atomic E-state index is 0.281. The van der Waals surface area contributed by atoms with Crippen molar-refractivity contribution in [3.8, 4) is 5.75 Å². The van der Waals surface area contributed by atoms with E-state index in [-0.39, 0.29) is 5.91 Å². The molecule has 1 fully saturated rings. The molecule has 0 bridgehead atoms. The first-order valence-electron chi connectivity index (χ1n) is 12.1. The lowest BCUT2D eigenvalue weighted by molar-refractivity contribution is -0.111. The maximum atomic E-state index is 11.6. The van der Waals surface area contributed by atoms with E-state index in [1.165, 1.54) is 6.08 Å². The number of methoxy groups -OCH3 is 2. The van der Waals surface area contributed by atoms with Gasteiger partial charge in [-0.15, -0.1) is 0 Å². The summed E-state index contributed by atoms with van der Waals surface area (Å²) < 4.78 is 10.6. The molecule has 2 aromatic carbocycles. The topological polar surface area (TPSA) is 113 Å². The summed E-state index contributed by atoms with van der Waals surface area (Å²) in [4.78, 5) is 23.0. The first-order chi connectivity index (χ1) is 18.1. The minimum atomic E-state index is -0.281. The molecule has 3 aromatic rings. The van der Waals surface area contributed by atoms with Gasteiger partial charge < -0.3 is 30.7 Å². The van der Waals surface area contributed by atoms with Crippen molar-refractivity contribution >= 4 is 40.4 Å². The molecule has 1 unspecified atom stereocenters. The van der Waals surface area contributed by atoms with Crippen LogP contribution in [0.4, 0.5) is 34.5 Å². The van der Waals surface area contributed by atoms with Gasteiger partial charge in [-0.3, -0.25) is 9.69 Å². The Kier molecular flexibility index (Phi) is 8.90. The number of carbonyl (C=O) groups is 1. The van der Waals surface area contributed by atoms with Gasteiger partial charge in [0.15, 0.2) is 11.6 Å². The largest absolute Gasteiger partial charge is 0.491 e. The summed E-state index contributed by atoms with van der Waals surface area (Å²) in [6.07, 6.45) is 3.94. The summed E-state index contributed by atoms with van der Waals surface area (Å²) in [7, 11) is 3.30. The summed E-state index contributed by atoms with van der Waals surface area (Å²) >= 11 is 0. The maximum absolute atomic E-state index is 11.6. The van der Waals surface area contributed by atoms with Gasteiger partial charge in [-0.05, 0) is 55.0 Å². The quantitative estimate of drug-likeness (QED) is 0.270. The van der Waals surface area contributed by atoms with Crippen molar-refractivity contribution in [3.63, 3.8) is 0 Å². The number of hydrogen-bond acceptors (Lipinski definition) is 9. The van der Waals surface area contributed by atoms with Crippen LogP contribution in [-0.2, 0) is 9.53 Å². The third kappa shape index (κ3) is 7.42. The number of nitrogens with zero attached hydrogens (tertiary/aromatic N) is 3. The first kappa shape index (κ1) is 25.9. The molecule has 0 radical (unpaired) electrons. The zero-order valence-corrected chi connectivity index (χ0v) is 21.2. The number of benzene rings is 2. The Labute approximate surface area is 217 Å². The molecule has 2 heterocycles. The predicted molar refractivity (Wildman–Crippen MR) is 147 cm³/mol.